The van der Waals surface area contributed by atoms with Crippen molar-refractivity contribution in [2.75, 3.05) is 0 Å². The van der Waals surface area contributed by atoms with Crippen molar-refractivity contribution < 1.29 is 9.53 Å². The second-order valence-corrected chi connectivity index (χ2v) is 8.49. The lowest BCUT2D eigenvalue weighted by Gasteiger charge is -2.12. The molecule has 146 valence electrons. The zero-order valence-corrected chi connectivity index (χ0v) is 18.5. The number of hydrogen-bond acceptors (Lipinski definition) is 4. The van der Waals surface area contributed by atoms with Crippen LogP contribution in [0.5, 0.6) is 0 Å². The Morgan fingerprint density at radius 2 is 1.96 bits per heavy atom. The molecule has 6 heteroatoms. The third-order valence-corrected chi connectivity index (χ3v) is 5.74. The van der Waals surface area contributed by atoms with Crippen molar-refractivity contribution in [3.63, 3.8) is 0 Å². The summed E-state index contributed by atoms with van der Waals surface area (Å²) < 4.78 is 5.14. The number of hydrogen-bond donors (Lipinski definition) is 0. The van der Waals surface area contributed by atoms with Crippen LogP contribution in [0.25, 0.3) is 6.08 Å². The number of halogens is 2. The Morgan fingerprint density at radius 3 is 2.61 bits per heavy atom. The quantitative estimate of drug-likeness (QED) is 0.218. The highest BCUT2D eigenvalue weighted by Crippen LogP contribution is 2.33. The van der Waals surface area contributed by atoms with Crippen molar-refractivity contribution >= 4 is 47.0 Å². The number of benzene rings is 2. The van der Waals surface area contributed by atoms with E-state index >= 15 is 0 Å². The van der Waals surface area contributed by atoms with Crippen LogP contribution in [-0.2, 0) is 15.3 Å². The first kappa shape index (κ1) is 22.4. The molecule has 0 spiro atoms. The summed E-state index contributed by atoms with van der Waals surface area (Å²) >= 11 is 13.9. The van der Waals surface area contributed by atoms with E-state index in [2.05, 4.69) is 6.07 Å². The summed E-state index contributed by atoms with van der Waals surface area (Å²) in [4.78, 5) is 13.0. The van der Waals surface area contributed by atoms with E-state index in [1.54, 1.807) is 43.8 Å². The van der Waals surface area contributed by atoms with E-state index in [4.69, 9.17) is 27.9 Å². The summed E-state index contributed by atoms with van der Waals surface area (Å²) in [6.07, 6.45) is 1.31. The largest absolute Gasteiger partial charge is 0.459 e. The zero-order chi connectivity index (χ0) is 20.8. The lowest BCUT2D eigenvalue weighted by Crippen LogP contribution is -2.12. The SMILES string of the molecule is Cc1cc(/C=C(\C#N)C(=O)OC(C)C)c(C)c(CSc2cc(Cl)ccc2Cl)c1. The van der Waals surface area contributed by atoms with Gasteiger partial charge in [-0.15, -0.1) is 11.8 Å². The Labute approximate surface area is 180 Å². The number of aryl methyl sites for hydroxylation is 1. The van der Waals surface area contributed by atoms with Gasteiger partial charge in [0.2, 0.25) is 0 Å². The number of nitrogens with zero attached hydrogens (tertiary/aromatic N) is 1. The number of thioether (sulfide) groups is 1. The molecule has 0 saturated carbocycles. The van der Waals surface area contributed by atoms with E-state index in [9.17, 15) is 10.1 Å². The first-order valence-corrected chi connectivity index (χ1v) is 10.5. The number of esters is 1. The lowest BCUT2D eigenvalue weighted by atomic mass is 9.98. The molecule has 0 aliphatic heterocycles. The van der Waals surface area contributed by atoms with E-state index in [1.165, 1.54) is 0 Å². The number of ether oxygens (including phenoxy) is 1. The minimum atomic E-state index is -0.611. The average Bonchev–Trinajstić information content (AvgIpc) is 2.62. The summed E-state index contributed by atoms with van der Waals surface area (Å²) in [7, 11) is 0. The maximum Gasteiger partial charge on any atom is 0.349 e. The minimum Gasteiger partial charge on any atom is -0.459 e. The van der Waals surface area contributed by atoms with E-state index in [-0.39, 0.29) is 11.7 Å². The van der Waals surface area contributed by atoms with Crippen LogP contribution in [-0.4, -0.2) is 12.1 Å². The smallest absolute Gasteiger partial charge is 0.349 e. The van der Waals surface area contributed by atoms with Gasteiger partial charge in [-0.05, 0) is 68.7 Å². The normalized spacial score (nSPS) is 11.4. The summed E-state index contributed by atoms with van der Waals surface area (Å²) in [6, 6.07) is 11.4. The van der Waals surface area contributed by atoms with Crippen LogP contribution in [0.3, 0.4) is 0 Å². The molecule has 0 heterocycles. The van der Waals surface area contributed by atoms with Crippen molar-refractivity contribution in [3.05, 3.63) is 68.2 Å². The molecule has 28 heavy (non-hydrogen) atoms. The third-order valence-electron chi connectivity index (χ3n) is 3.96. The summed E-state index contributed by atoms with van der Waals surface area (Å²) in [5.41, 5.74) is 3.95. The Hall–Kier alpha value is -1.93. The van der Waals surface area contributed by atoms with Gasteiger partial charge in [-0.2, -0.15) is 5.26 Å². The van der Waals surface area contributed by atoms with Crippen LogP contribution in [0, 0.1) is 25.2 Å². The monoisotopic (exact) mass is 433 g/mol. The Kier molecular flexibility index (Phi) is 8.00. The van der Waals surface area contributed by atoms with Gasteiger partial charge < -0.3 is 4.74 Å². The van der Waals surface area contributed by atoms with Crippen molar-refractivity contribution in [2.24, 2.45) is 0 Å². The molecule has 0 radical (unpaired) electrons. The van der Waals surface area contributed by atoms with Gasteiger partial charge in [0.25, 0.3) is 0 Å². The van der Waals surface area contributed by atoms with Crippen molar-refractivity contribution in [1.29, 1.82) is 5.26 Å². The predicted molar refractivity (Wildman–Crippen MR) is 117 cm³/mol. The molecule has 2 rings (SSSR count). The minimum absolute atomic E-state index is 0.0149. The van der Waals surface area contributed by atoms with Gasteiger partial charge in [0, 0.05) is 15.7 Å². The molecule has 0 amide bonds. The fourth-order valence-corrected chi connectivity index (χ4v) is 4.12. The van der Waals surface area contributed by atoms with E-state index in [0.29, 0.717) is 15.8 Å². The van der Waals surface area contributed by atoms with Crippen molar-refractivity contribution in [1.82, 2.24) is 0 Å². The molecular weight excluding hydrogens is 413 g/mol. The van der Waals surface area contributed by atoms with Gasteiger partial charge in [-0.1, -0.05) is 40.9 Å². The molecule has 0 bridgehead atoms. The summed E-state index contributed by atoms with van der Waals surface area (Å²) in [6.45, 7) is 7.46. The van der Waals surface area contributed by atoms with Crippen molar-refractivity contribution in [2.45, 2.75) is 44.4 Å². The standard InChI is InChI=1S/C22H21Cl2NO2S/c1-13(2)27-22(26)17(11-25)9-16-7-14(3)8-18(15(16)4)12-28-21-10-19(23)5-6-20(21)24/h5-10,13H,12H2,1-4H3/b17-9+. The lowest BCUT2D eigenvalue weighted by molar-refractivity contribution is -0.142. The van der Waals surface area contributed by atoms with E-state index in [0.717, 1.165) is 27.1 Å². The molecule has 2 aromatic rings. The Morgan fingerprint density at radius 1 is 1.25 bits per heavy atom. The molecule has 0 N–H and O–H groups in total. The molecule has 3 nitrogen and oxygen atoms in total. The van der Waals surface area contributed by atoms with Crippen LogP contribution in [0.15, 0.2) is 40.8 Å². The van der Waals surface area contributed by atoms with Gasteiger partial charge in [0.05, 0.1) is 11.1 Å². The van der Waals surface area contributed by atoms with Crippen LogP contribution >= 0.6 is 35.0 Å². The average molecular weight is 434 g/mol. The molecule has 0 fully saturated rings. The van der Waals surface area contributed by atoms with Crippen LogP contribution in [0.1, 0.15) is 36.1 Å². The number of carbonyl (C=O) groups excluding carboxylic acids is 1. The molecule has 0 atom stereocenters. The van der Waals surface area contributed by atoms with Crippen LogP contribution in [0.4, 0.5) is 0 Å². The van der Waals surface area contributed by atoms with E-state index < -0.39 is 5.97 Å². The van der Waals surface area contributed by atoms with Crippen LogP contribution in [0.2, 0.25) is 10.0 Å². The fourth-order valence-electron chi connectivity index (χ4n) is 2.58. The molecule has 0 saturated heterocycles. The highest BCUT2D eigenvalue weighted by molar-refractivity contribution is 7.98. The molecule has 0 aliphatic carbocycles. The third kappa shape index (κ3) is 6.04. The first-order chi connectivity index (χ1) is 13.2. The van der Waals surface area contributed by atoms with Crippen LogP contribution < -0.4 is 0 Å². The molecule has 0 unspecified atom stereocenters. The maximum atomic E-state index is 12.1. The highest BCUT2D eigenvalue weighted by Gasteiger charge is 2.14. The number of rotatable bonds is 6. The second kappa shape index (κ2) is 10.0. The number of nitriles is 1. The Balaban J connectivity index is 2.33. The van der Waals surface area contributed by atoms with Gasteiger partial charge >= 0.3 is 5.97 Å². The fraction of sp³-hybridized carbons (Fsp3) is 0.273. The molecular formula is C22H21Cl2NO2S. The topological polar surface area (TPSA) is 50.1 Å². The zero-order valence-electron chi connectivity index (χ0n) is 16.2. The maximum absolute atomic E-state index is 12.1. The molecule has 0 aromatic heterocycles. The summed E-state index contributed by atoms with van der Waals surface area (Å²) in [5, 5.41) is 10.7. The highest BCUT2D eigenvalue weighted by atomic mass is 35.5. The van der Waals surface area contributed by atoms with Crippen molar-refractivity contribution in [3.8, 4) is 6.07 Å². The molecule has 0 aliphatic rings. The molecule has 2 aromatic carbocycles. The summed E-state index contributed by atoms with van der Waals surface area (Å²) in [5.74, 6) is 0.0762. The Bertz CT molecular complexity index is 962. The van der Waals surface area contributed by atoms with E-state index in [1.807, 2.05) is 32.0 Å². The first-order valence-electron chi connectivity index (χ1n) is 8.72. The van der Waals surface area contributed by atoms with Gasteiger partial charge in [0.1, 0.15) is 11.6 Å². The number of carbonyl (C=O) groups is 1. The second-order valence-electron chi connectivity index (χ2n) is 6.63. The van der Waals surface area contributed by atoms with Gasteiger partial charge in [-0.25, -0.2) is 4.79 Å². The van der Waals surface area contributed by atoms with Gasteiger partial charge in [0.15, 0.2) is 0 Å². The van der Waals surface area contributed by atoms with Gasteiger partial charge in [-0.3, -0.25) is 0 Å². The predicted octanol–water partition coefficient (Wildman–Crippen LogP) is 6.76.